The number of carboxylic acids is 1. The van der Waals surface area contributed by atoms with E-state index in [1.165, 1.54) is 0 Å². The van der Waals surface area contributed by atoms with Crippen molar-refractivity contribution in [2.75, 3.05) is 0 Å². The van der Waals surface area contributed by atoms with Gasteiger partial charge in [-0.15, -0.1) is 5.10 Å². The topological polar surface area (TPSA) is 80.9 Å². The predicted molar refractivity (Wildman–Crippen MR) is 75.8 cm³/mol. The number of benzene rings is 2. The second-order valence-corrected chi connectivity index (χ2v) is 4.53. The third kappa shape index (κ3) is 2.79. The fourth-order valence-electron chi connectivity index (χ4n) is 2.08. The Morgan fingerprint density at radius 3 is 2.67 bits per heavy atom. The molecule has 0 aliphatic carbocycles. The van der Waals surface area contributed by atoms with Gasteiger partial charge in [-0.2, -0.15) is 0 Å². The van der Waals surface area contributed by atoms with E-state index < -0.39 is 5.97 Å². The average Bonchev–Trinajstić information content (AvgIpc) is 2.96. The normalized spacial score (nSPS) is 10.5. The zero-order chi connectivity index (χ0) is 14.7. The summed E-state index contributed by atoms with van der Waals surface area (Å²) < 4.78 is 1.65. The van der Waals surface area contributed by atoms with Crippen molar-refractivity contribution in [3.05, 3.63) is 65.7 Å². The molecule has 3 aromatic rings. The molecule has 1 N–H and O–H groups in total. The second-order valence-electron chi connectivity index (χ2n) is 4.53. The van der Waals surface area contributed by atoms with E-state index in [1.54, 1.807) is 22.9 Å². The van der Waals surface area contributed by atoms with Gasteiger partial charge in [-0.1, -0.05) is 42.5 Å². The zero-order valence-electron chi connectivity index (χ0n) is 11.0. The molecule has 1 heterocycles. The van der Waals surface area contributed by atoms with Crippen LogP contribution in [0.2, 0.25) is 0 Å². The van der Waals surface area contributed by atoms with Crippen LogP contribution in [0.15, 0.2) is 54.6 Å². The lowest BCUT2D eigenvalue weighted by molar-refractivity contribution is 0.0696. The third-order valence-electron chi connectivity index (χ3n) is 3.07. The minimum atomic E-state index is -0.947. The third-order valence-corrected chi connectivity index (χ3v) is 3.07. The summed E-state index contributed by atoms with van der Waals surface area (Å²) >= 11 is 0. The van der Waals surface area contributed by atoms with Crippen molar-refractivity contribution in [2.45, 2.75) is 6.54 Å². The van der Waals surface area contributed by atoms with E-state index in [2.05, 4.69) is 15.5 Å². The lowest BCUT2D eigenvalue weighted by atomic mass is 10.1. The van der Waals surface area contributed by atoms with Gasteiger partial charge in [-0.3, -0.25) is 0 Å². The maximum Gasteiger partial charge on any atom is 0.335 e. The molecule has 6 nitrogen and oxygen atoms in total. The highest BCUT2D eigenvalue weighted by Gasteiger charge is 2.10. The molecular weight excluding hydrogens is 268 g/mol. The Bertz CT molecular complexity index is 768. The first kappa shape index (κ1) is 13.0. The van der Waals surface area contributed by atoms with Crippen LogP contribution < -0.4 is 0 Å². The van der Waals surface area contributed by atoms with Crippen LogP contribution >= 0.6 is 0 Å². The van der Waals surface area contributed by atoms with Crippen LogP contribution in [0, 0.1) is 0 Å². The molecule has 6 heteroatoms. The van der Waals surface area contributed by atoms with Gasteiger partial charge in [0.25, 0.3) is 0 Å². The number of nitrogens with zero attached hydrogens (tertiary/aromatic N) is 4. The van der Waals surface area contributed by atoms with Crippen LogP contribution in [0.3, 0.4) is 0 Å². The summed E-state index contributed by atoms with van der Waals surface area (Å²) in [6, 6.07) is 16.4. The van der Waals surface area contributed by atoms with Crippen molar-refractivity contribution >= 4 is 5.97 Å². The molecule has 0 spiro atoms. The molecule has 0 aliphatic rings. The maximum atomic E-state index is 11.0. The molecule has 0 bridgehead atoms. The molecule has 2 aromatic carbocycles. The van der Waals surface area contributed by atoms with Gasteiger partial charge in [-0.05, 0) is 28.1 Å². The van der Waals surface area contributed by atoms with E-state index in [4.69, 9.17) is 5.11 Å². The Kier molecular flexibility index (Phi) is 3.42. The van der Waals surface area contributed by atoms with E-state index in [0.717, 1.165) is 11.1 Å². The van der Waals surface area contributed by atoms with Crippen molar-refractivity contribution in [2.24, 2.45) is 0 Å². The van der Waals surface area contributed by atoms with Crippen molar-refractivity contribution in [1.82, 2.24) is 20.2 Å². The highest BCUT2D eigenvalue weighted by atomic mass is 16.4. The van der Waals surface area contributed by atoms with Gasteiger partial charge < -0.3 is 5.11 Å². The van der Waals surface area contributed by atoms with Crippen molar-refractivity contribution in [3.8, 4) is 11.4 Å². The molecule has 0 amide bonds. The second kappa shape index (κ2) is 5.54. The molecule has 0 fully saturated rings. The highest BCUT2D eigenvalue weighted by molar-refractivity contribution is 5.87. The summed E-state index contributed by atoms with van der Waals surface area (Å²) in [5, 5.41) is 20.7. The summed E-state index contributed by atoms with van der Waals surface area (Å²) in [4.78, 5) is 11.0. The molecule has 0 aliphatic heterocycles. The standard InChI is InChI=1S/C15H12N4O2/c20-15(21)13-8-4-5-11(9-13)10-19-14(16-17-18-19)12-6-2-1-3-7-12/h1-9H,10H2,(H,20,21). The Morgan fingerprint density at radius 2 is 1.90 bits per heavy atom. The van der Waals surface area contributed by atoms with Gasteiger partial charge >= 0.3 is 5.97 Å². The lowest BCUT2D eigenvalue weighted by Crippen LogP contribution is -2.06. The molecular formula is C15H12N4O2. The Balaban J connectivity index is 1.92. The number of aromatic nitrogens is 4. The summed E-state index contributed by atoms with van der Waals surface area (Å²) in [6.07, 6.45) is 0. The van der Waals surface area contributed by atoms with Crippen LogP contribution in [0.25, 0.3) is 11.4 Å². The summed E-state index contributed by atoms with van der Waals surface area (Å²) in [5.41, 5.74) is 2.00. The van der Waals surface area contributed by atoms with E-state index in [-0.39, 0.29) is 5.56 Å². The van der Waals surface area contributed by atoms with Crippen LogP contribution in [-0.4, -0.2) is 31.3 Å². The van der Waals surface area contributed by atoms with E-state index in [0.29, 0.717) is 12.4 Å². The smallest absolute Gasteiger partial charge is 0.335 e. The van der Waals surface area contributed by atoms with E-state index in [1.807, 2.05) is 36.4 Å². The number of carbonyl (C=O) groups is 1. The Labute approximate surface area is 120 Å². The molecule has 21 heavy (non-hydrogen) atoms. The predicted octanol–water partition coefficient (Wildman–Crippen LogP) is 2.09. The van der Waals surface area contributed by atoms with Gasteiger partial charge in [0.1, 0.15) is 0 Å². The van der Waals surface area contributed by atoms with Gasteiger partial charge in [0.2, 0.25) is 0 Å². The van der Waals surface area contributed by atoms with E-state index in [9.17, 15) is 4.79 Å². The van der Waals surface area contributed by atoms with Gasteiger partial charge in [0.15, 0.2) is 5.82 Å². The fourth-order valence-corrected chi connectivity index (χ4v) is 2.08. The fraction of sp³-hybridized carbons (Fsp3) is 0.0667. The number of rotatable bonds is 4. The molecule has 0 unspecified atom stereocenters. The van der Waals surface area contributed by atoms with Gasteiger partial charge in [-0.25, -0.2) is 9.48 Å². The van der Waals surface area contributed by atoms with Crippen LogP contribution in [0.4, 0.5) is 0 Å². The number of hydrogen-bond acceptors (Lipinski definition) is 4. The molecule has 3 rings (SSSR count). The summed E-state index contributed by atoms with van der Waals surface area (Å²) in [5.74, 6) is -0.298. The van der Waals surface area contributed by atoms with Crippen molar-refractivity contribution in [1.29, 1.82) is 0 Å². The number of carboxylic acid groups (broad SMARTS) is 1. The van der Waals surface area contributed by atoms with Crippen LogP contribution in [-0.2, 0) is 6.54 Å². The lowest BCUT2D eigenvalue weighted by Gasteiger charge is -2.05. The number of aromatic carboxylic acids is 1. The van der Waals surface area contributed by atoms with Crippen LogP contribution in [0.5, 0.6) is 0 Å². The highest BCUT2D eigenvalue weighted by Crippen LogP contribution is 2.16. The summed E-state index contributed by atoms with van der Waals surface area (Å²) in [6.45, 7) is 0.415. The number of tetrazole rings is 1. The first-order chi connectivity index (χ1) is 10.2. The first-order valence-electron chi connectivity index (χ1n) is 6.38. The largest absolute Gasteiger partial charge is 0.478 e. The van der Waals surface area contributed by atoms with E-state index >= 15 is 0 Å². The molecule has 1 aromatic heterocycles. The number of hydrogen-bond donors (Lipinski definition) is 1. The van der Waals surface area contributed by atoms with Crippen LogP contribution in [0.1, 0.15) is 15.9 Å². The molecule has 0 radical (unpaired) electrons. The summed E-state index contributed by atoms with van der Waals surface area (Å²) in [7, 11) is 0. The minimum absolute atomic E-state index is 0.252. The Hall–Kier alpha value is -3.02. The molecule has 0 atom stereocenters. The quantitative estimate of drug-likeness (QED) is 0.791. The minimum Gasteiger partial charge on any atom is -0.478 e. The monoisotopic (exact) mass is 280 g/mol. The van der Waals surface area contributed by atoms with Gasteiger partial charge in [0.05, 0.1) is 12.1 Å². The Morgan fingerprint density at radius 1 is 1.10 bits per heavy atom. The van der Waals surface area contributed by atoms with Gasteiger partial charge in [0, 0.05) is 5.56 Å². The zero-order valence-corrected chi connectivity index (χ0v) is 11.0. The molecule has 0 saturated carbocycles. The first-order valence-corrected chi connectivity index (χ1v) is 6.38. The molecule has 104 valence electrons. The van der Waals surface area contributed by atoms with Crippen molar-refractivity contribution in [3.63, 3.8) is 0 Å². The molecule has 0 saturated heterocycles. The SMILES string of the molecule is O=C(O)c1cccc(Cn2nnnc2-c2ccccc2)c1. The van der Waals surface area contributed by atoms with Crippen molar-refractivity contribution < 1.29 is 9.90 Å². The average molecular weight is 280 g/mol. The maximum absolute atomic E-state index is 11.0.